The summed E-state index contributed by atoms with van der Waals surface area (Å²) in [5.74, 6) is -0.409. The molecule has 0 fully saturated rings. The van der Waals surface area contributed by atoms with E-state index in [0.717, 1.165) is 6.42 Å². The Morgan fingerprint density at radius 1 is 1.40 bits per heavy atom. The van der Waals surface area contributed by atoms with Crippen LogP contribution in [0.25, 0.3) is 0 Å². The zero-order valence-electron chi connectivity index (χ0n) is 9.49. The Hall–Kier alpha value is -1.32. The molecule has 0 aliphatic heterocycles. The van der Waals surface area contributed by atoms with Crippen LogP contribution in [-0.2, 0) is 14.3 Å². The van der Waals surface area contributed by atoms with E-state index in [0.29, 0.717) is 19.7 Å². The van der Waals surface area contributed by atoms with Crippen molar-refractivity contribution in [2.24, 2.45) is 0 Å². The van der Waals surface area contributed by atoms with Crippen molar-refractivity contribution in [1.29, 1.82) is 0 Å². The molecule has 0 radical (unpaired) electrons. The van der Waals surface area contributed by atoms with Crippen LogP contribution in [0.3, 0.4) is 0 Å². The smallest absolute Gasteiger partial charge is 0.307 e. The molecule has 0 rings (SSSR count). The van der Waals surface area contributed by atoms with E-state index in [2.05, 4.69) is 6.58 Å². The van der Waals surface area contributed by atoms with Crippen LogP contribution >= 0.6 is 0 Å². The Balaban J connectivity index is 3.84. The zero-order chi connectivity index (χ0) is 11.7. The molecule has 86 valence electrons. The van der Waals surface area contributed by atoms with Gasteiger partial charge in [-0.2, -0.15) is 0 Å². The zero-order valence-corrected chi connectivity index (χ0v) is 9.49. The maximum Gasteiger partial charge on any atom is 0.307 e. The predicted molar refractivity (Wildman–Crippen MR) is 58.3 cm³/mol. The van der Waals surface area contributed by atoms with Gasteiger partial charge in [0.15, 0.2) is 0 Å². The number of esters is 1. The fourth-order valence-electron chi connectivity index (χ4n) is 1.07. The highest BCUT2D eigenvalue weighted by molar-refractivity contribution is 5.87. The van der Waals surface area contributed by atoms with Gasteiger partial charge in [-0.1, -0.05) is 13.5 Å². The molecule has 0 atom stereocenters. The lowest BCUT2D eigenvalue weighted by Crippen LogP contribution is -2.31. The highest BCUT2D eigenvalue weighted by atomic mass is 16.5. The van der Waals surface area contributed by atoms with Gasteiger partial charge >= 0.3 is 5.97 Å². The molecule has 0 saturated carbocycles. The minimum absolute atomic E-state index is 0.152. The van der Waals surface area contributed by atoms with Gasteiger partial charge in [-0.05, 0) is 19.4 Å². The number of rotatable bonds is 7. The summed E-state index contributed by atoms with van der Waals surface area (Å²) in [6, 6.07) is 0. The van der Waals surface area contributed by atoms with Crippen molar-refractivity contribution in [1.82, 2.24) is 4.90 Å². The predicted octanol–water partition coefficient (Wildman–Crippen LogP) is 1.36. The van der Waals surface area contributed by atoms with Gasteiger partial charge in [0, 0.05) is 13.1 Å². The van der Waals surface area contributed by atoms with Gasteiger partial charge in [-0.25, -0.2) is 0 Å². The Labute approximate surface area is 90.9 Å². The molecule has 0 spiro atoms. The number of ether oxygens (including phenoxy) is 1. The largest absolute Gasteiger partial charge is 0.466 e. The van der Waals surface area contributed by atoms with Crippen molar-refractivity contribution in [2.45, 2.75) is 26.7 Å². The number of carbonyl (C=O) groups excluding carboxylic acids is 2. The van der Waals surface area contributed by atoms with Crippen molar-refractivity contribution in [3.63, 3.8) is 0 Å². The first-order chi connectivity index (χ1) is 7.15. The van der Waals surface area contributed by atoms with Crippen LogP contribution < -0.4 is 0 Å². The second-order valence-corrected chi connectivity index (χ2v) is 3.09. The van der Waals surface area contributed by atoms with E-state index in [1.54, 1.807) is 4.90 Å². The molecular formula is C11H19NO3. The number of hydrogen-bond donors (Lipinski definition) is 0. The minimum atomic E-state index is -0.257. The summed E-state index contributed by atoms with van der Waals surface area (Å²) in [7, 11) is 0. The van der Waals surface area contributed by atoms with E-state index < -0.39 is 0 Å². The third-order valence-electron chi connectivity index (χ3n) is 1.92. The summed E-state index contributed by atoms with van der Waals surface area (Å²) in [6.45, 7) is 8.61. The van der Waals surface area contributed by atoms with Crippen molar-refractivity contribution in [2.75, 3.05) is 19.7 Å². The van der Waals surface area contributed by atoms with Gasteiger partial charge in [0.2, 0.25) is 5.91 Å². The lowest BCUT2D eigenvalue weighted by atomic mass is 10.3. The average Bonchev–Trinajstić information content (AvgIpc) is 2.26. The van der Waals surface area contributed by atoms with E-state index in [-0.39, 0.29) is 18.3 Å². The Morgan fingerprint density at radius 3 is 2.53 bits per heavy atom. The molecule has 0 aliphatic rings. The molecule has 15 heavy (non-hydrogen) atoms. The number of likely N-dealkylation sites (N-methyl/N-ethyl adjacent to an activating group) is 1. The lowest BCUT2D eigenvalue weighted by Gasteiger charge is -2.18. The van der Waals surface area contributed by atoms with Gasteiger partial charge in [0.25, 0.3) is 0 Å². The molecule has 4 heteroatoms. The Bertz CT molecular complexity index is 226. The molecule has 0 aliphatic carbocycles. The fourth-order valence-corrected chi connectivity index (χ4v) is 1.07. The molecular weight excluding hydrogens is 194 g/mol. The standard InChI is InChI=1S/C11H19NO3/c1-4-9-15-11(14)7-8-12(6-3)10(13)5-2/h5H,2,4,6-9H2,1,3H3. The SMILES string of the molecule is C=CC(=O)N(CC)CCC(=O)OCCC. The summed E-state index contributed by atoms with van der Waals surface area (Å²) >= 11 is 0. The Kier molecular flexibility index (Phi) is 7.32. The quantitative estimate of drug-likeness (QED) is 0.474. The second-order valence-electron chi connectivity index (χ2n) is 3.09. The molecule has 0 unspecified atom stereocenters. The molecule has 0 bridgehead atoms. The first kappa shape index (κ1) is 13.7. The maximum absolute atomic E-state index is 11.2. The number of nitrogens with zero attached hydrogens (tertiary/aromatic N) is 1. The summed E-state index contributed by atoms with van der Waals surface area (Å²) in [5, 5.41) is 0. The maximum atomic E-state index is 11.2. The summed E-state index contributed by atoms with van der Waals surface area (Å²) in [6.07, 6.45) is 2.31. The molecule has 0 aromatic heterocycles. The average molecular weight is 213 g/mol. The van der Waals surface area contributed by atoms with Crippen molar-refractivity contribution in [3.05, 3.63) is 12.7 Å². The summed E-state index contributed by atoms with van der Waals surface area (Å²) < 4.78 is 4.90. The van der Waals surface area contributed by atoms with E-state index >= 15 is 0 Å². The van der Waals surface area contributed by atoms with Gasteiger partial charge in [-0.15, -0.1) is 0 Å². The lowest BCUT2D eigenvalue weighted by molar-refractivity contribution is -0.144. The highest BCUT2D eigenvalue weighted by Crippen LogP contribution is 1.96. The van der Waals surface area contributed by atoms with E-state index in [4.69, 9.17) is 4.74 Å². The topological polar surface area (TPSA) is 46.6 Å². The van der Waals surface area contributed by atoms with Gasteiger partial charge in [-0.3, -0.25) is 9.59 Å². The first-order valence-electron chi connectivity index (χ1n) is 5.22. The Morgan fingerprint density at radius 2 is 2.07 bits per heavy atom. The molecule has 0 saturated heterocycles. The van der Waals surface area contributed by atoms with Gasteiger partial charge in [0.05, 0.1) is 13.0 Å². The van der Waals surface area contributed by atoms with Gasteiger partial charge < -0.3 is 9.64 Å². The van der Waals surface area contributed by atoms with Crippen molar-refractivity contribution >= 4 is 11.9 Å². The van der Waals surface area contributed by atoms with Crippen molar-refractivity contribution in [3.8, 4) is 0 Å². The number of amides is 1. The monoisotopic (exact) mass is 213 g/mol. The van der Waals surface area contributed by atoms with Crippen molar-refractivity contribution < 1.29 is 14.3 Å². The highest BCUT2D eigenvalue weighted by Gasteiger charge is 2.10. The van der Waals surface area contributed by atoms with E-state index in [1.165, 1.54) is 6.08 Å². The van der Waals surface area contributed by atoms with Crippen LogP contribution in [0.15, 0.2) is 12.7 Å². The van der Waals surface area contributed by atoms with Crippen LogP contribution in [0, 0.1) is 0 Å². The molecule has 0 heterocycles. The second kappa shape index (κ2) is 8.03. The number of carbonyl (C=O) groups is 2. The van der Waals surface area contributed by atoms with Crippen LogP contribution in [0.5, 0.6) is 0 Å². The molecule has 0 N–H and O–H groups in total. The van der Waals surface area contributed by atoms with Crippen LogP contribution in [-0.4, -0.2) is 36.5 Å². The van der Waals surface area contributed by atoms with Crippen LogP contribution in [0.1, 0.15) is 26.7 Å². The first-order valence-corrected chi connectivity index (χ1v) is 5.22. The molecule has 0 aromatic rings. The molecule has 1 amide bonds. The van der Waals surface area contributed by atoms with E-state index in [1.807, 2.05) is 13.8 Å². The normalized spacial score (nSPS) is 9.47. The van der Waals surface area contributed by atoms with E-state index in [9.17, 15) is 9.59 Å². The van der Waals surface area contributed by atoms with Crippen LogP contribution in [0.2, 0.25) is 0 Å². The third-order valence-corrected chi connectivity index (χ3v) is 1.92. The minimum Gasteiger partial charge on any atom is -0.466 e. The number of hydrogen-bond acceptors (Lipinski definition) is 3. The van der Waals surface area contributed by atoms with Gasteiger partial charge in [0.1, 0.15) is 0 Å². The van der Waals surface area contributed by atoms with Crippen LogP contribution in [0.4, 0.5) is 0 Å². The molecule has 0 aromatic carbocycles. The molecule has 4 nitrogen and oxygen atoms in total. The summed E-state index contributed by atoms with van der Waals surface area (Å²) in [5.41, 5.74) is 0. The fraction of sp³-hybridized carbons (Fsp3) is 0.636. The third kappa shape index (κ3) is 5.88. The summed E-state index contributed by atoms with van der Waals surface area (Å²) in [4.78, 5) is 23.9.